The molecule has 0 bridgehead atoms. The third-order valence-electron chi connectivity index (χ3n) is 0. The first-order chi connectivity index (χ1) is 0. The quantitative estimate of drug-likeness (QED) is 0.534. The van der Waals surface area contributed by atoms with Crippen LogP contribution < -0.4 is 0 Å². The Morgan fingerprint density at radius 1 is 0.750 bits per heavy atom. The summed E-state index contributed by atoms with van der Waals surface area (Å²) in [5.74, 6) is 0. The maximum absolute atomic E-state index is 0. The summed E-state index contributed by atoms with van der Waals surface area (Å²) in [6, 6.07) is 0. The van der Waals surface area contributed by atoms with E-state index in [2.05, 4.69) is 0 Å². The van der Waals surface area contributed by atoms with Crippen molar-refractivity contribution in [2.75, 3.05) is 0 Å². The van der Waals surface area contributed by atoms with E-state index >= 15 is 0 Å². The molecule has 0 aromatic carbocycles. The van der Waals surface area contributed by atoms with Crippen LogP contribution in [0.2, 0.25) is 0 Å². The van der Waals surface area contributed by atoms with Crippen LogP contribution in [0.4, 0.5) is 9.41 Å². The van der Waals surface area contributed by atoms with E-state index < -0.39 is 0 Å². The molecule has 0 saturated carbocycles. The Morgan fingerprint density at radius 2 is 0.750 bits per heavy atom. The van der Waals surface area contributed by atoms with Crippen molar-refractivity contribution in [3.05, 3.63) is 0 Å². The zero-order valence-electron chi connectivity index (χ0n) is 1.32. The Hall–Kier alpha value is 1.51. The third kappa shape index (κ3) is 9.70. The molecular formula is H3F2LiU. The molecule has 0 aromatic rings. The molecule has 0 unspecified atom stereocenters. The van der Waals surface area contributed by atoms with E-state index in [4.69, 9.17) is 0 Å². The van der Waals surface area contributed by atoms with Crippen molar-refractivity contribution in [1.82, 2.24) is 0 Å². The van der Waals surface area contributed by atoms with Gasteiger partial charge in [0.25, 0.3) is 0 Å². The van der Waals surface area contributed by atoms with Crippen molar-refractivity contribution in [2.45, 2.75) is 0 Å². The van der Waals surface area contributed by atoms with Crippen molar-refractivity contribution in [3.63, 3.8) is 0 Å². The van der Waals surface area contributed by atoms with Crippen LogP contribution in [0.15, 0.2) is 0 Å². The average molecular weight is 286 g/mol. The number of hydrogen-bond donors (Lipinski definition) is 0. The molecule has 0 aliphatic carbocycles. The Kier molecular flexibility index (Phi) is 300. The topological polar surface area (TPSA) is 0 Å². The largest absolute Gasteiger partial charge is 0 e. The zero-order valence-corrected chi connectivity index (χ0v) is 5.48. The fourth-order valence-corrected chi connectivity index (χ4v) is 0. The number of hydrogen-bond acceptors (Lipinski definition) is 0. The van der Waals surface area contributed by atoms with Gasteiger partial charge >= 0.3 is 18.9 Å². The first-order valence-corrected chi connectivity index (χ1v) is 0. The SMILES string of the molecule is F.F.[LiH].[U]. The number of halogens is 2. The van der Waals surface area contributed by atoms with E-state index in [9.17, 15) is 0 Å². The summed E-state index contributed by atoms with van der Waals surface area (Å²) in [6.45, 7) is 0. The molecule has 0 amide bonds. The second kappa shape index (κ2) is 24.4. The van der Waals surface area contributed by atoms with Gasteiger partial charge in [-0.3, -0.25) is 9.41 Å². The average Bonchev–Trinajstić information content (AvgIpc) is 0. The maximum atomic E-state index is 0. The van der Waals surface area contributed by atoms with E-state index in [0.29, 0.717) is 0 Å². The van der Waals surface area contributed by atoms with Crippen LogP contribution in [0.1, 0.15) is 0 Å². The van der Waals surface area contributed by atoms with Gasteiger partial charge in [0.05, 0.1) is 0 Å². The predicted octanol–water partition coefficient (Wildman–Crippen LogP) is -0.343. The fraction of sp³-hybridized carbons (Fsp3) is 0. The molecule has 0 spiro atoms. The minimum Gasteiger partial charge on any atom is 0 e. The second-order valence-corrected chi connectivity index (χ2v) is 0. The third-order valence-corrected chi connectivity index (χ3v) is 0. The summed E-state index contributed by atoms with van der Waals surface area (Å²) >= 11 is 0. The second-order valence-electron chi connectivity index (χ2n) is 0. The van der Waals surface area contributed by atoms with Crippen molar-refractivity contribution >= 4 is 18.9 Å². The van der Waals surface area contributed by atoms with Gasteiger partial charge in [0, 0.05) is 31.1 Å². The van der Waals surface area contributed by atoms with E-state index in [1.807, 2.05) is 0 Å². The molecule has 22 valence electrons. The van der Waals surface area contributed by atoms with Crippen molar-refractivity contribution < 1.29 is 40.5 Å². The molecule has 0 fully saturated rings. The smallest absolute Gasteiger partial charge is 0 e. The van der Waals surface area contributed by atoms with Gasteiger partial charge in [-0.15, -0.1) is 0 Å². The van der Waals surface area contributed by atoms with E-state index in [1.165, 1.54) is 0 Å². The Labute approximate surface area is 59.0 Å². The summed E-state index contributed by atoms with van der Waals surface area (Å²) < 4.78 is 0. The molecule has 0 nitrogen and oxygen atoms in total. The van der Waals surface area contributed by atoms with Gasteiger partial charge in [-0.1, -0.05) is 0 Å². The number of rotatable bonds is 0. The molecular weight excluding hydrogens is 283 g/mol. The van der Waals surface area contributed by atoms with Crippen LogP contribution in [0.25, 0.3) is 0 Å². The normalized spacial score (nSPS) is 0. The van der Waals surface area contributed by atoms with E-state index in [1.54, 1.807) is 0 Å². The minimum absolute atomic E-state index is 0. The fourth-order valence-electron chi connectivity index (χ4n) is 0. The predicted molar refractivity (Wildman–Crippen MR) is 12.2 cm³/mol. The first kappa shape index (κ1) is 49.2. The van der Waals surface area contributed by atoms with E-state index in [-0.39, 0.29) is 59.4 Å². The Morgan fingerprint density at radius 3 is 0.750 bits per heavy atom. The minimum atomic E-state index is 0. The van der Waals surface area contributed by atoms with E-state index in [0.717, 1.165) is 0 Å². The van der Waals surface area contributed by atoms with Gasteiger partial charge in [0.1, 0.15) is 0 Å². The Bertz CT molecular complexity index is 6.00. The van der Waals surface area contributed by atoms with Crippen LogP contribution in [0.5, 0.6) is 0 Å². The van der Waals surface area contributed by atoms with Crippen LogP contribution in [-0.2, 0) is 0 Å². The van der Waals surface area contributed by atoms with Crippen LogP contribution in [0.3, 0.4) is 0 Å². The molecule has 0 rings (SSSR count). The molecule has 0 radical (unpaired) electrons. The summed E-state index contributed by atoms with van der Waals surface area (Å²) in [7, 11) is 0. The van der Waals surface area contributed by atoms with Crippen LogP contribution in [0, 0.1) is 31.1 Å². The van der Waals surface area contributed by atoms with Gasteiger partial charge in [-0.25, -0.2) is 0 Å². The van der Waals surface area contributed by atoms with Gasteiger partial charge < -0.3 is 0 Å². The van der Waals surface area contributed by atoms with Crippen LogP contribution >= 0.6 is 0 Å². The molecule has 0 aromatic heterocycles. The van der Waals surface area contributed by atoms with Crippen molar-refractivity contribution in [3.8, 4) is 0 Å². The van der Waals surface area contributed by atoms with Crippen molar-refractivity contribution in [2.24, 2.45) is 0 Å². The molecule has 0 aliphatic rings. The summed E-state index contributed by atoms with van der Waals surface area (Å²) in [5.41, 5.74) is 0. The summed E-state index contributed by atoms with van der Waals surface area (Å²) in [4.78, 5) is 0. The molecule has 0 aliphatic heterocycles. The van der Waals surface area contributed by atoms with Gasteiger partial charge in [0.2, 0.25) is 0 Å². The van der Waals surface area contributed by atoms with Gasteiger partial charge in [-0.2, -0.15) is 0 Å². The van der Waals surface area contributed by atoms with Gasteiger partial charge in [0.15, 0.2) is 0 Å². The molecule has 0 N–H and O–H groups in total. The molecule has 0 heterocycles. The standard InChI is InChI=1S/2FH.Li.U.H/h2*1H;;;. The first-order valence-electron chi connectivity index (χ1n) is 0. The van der Waals surface area contributed by atoms with Crippen molar-refractivity contribution in [1.29, 1.82) is 0 Å². The summed E-state index contributed by atoms with van der Waals surface area (Å²) in [6.07, 6.45) is 0. The molecule has 4 heteroatoms. The zero-order chi connectivity index (χ0) is 0. The summed E-state index contributed by atoms with van der Waals surface area (Å²) in [5, 5.41) is 0. The van der Waals surface area contributed by atoms with Crippen LogP contribution in [-0.4, -0.2) is 18.9 Å². The monoisotopic (exact) mass is 286 g/mol. The van der Waals surface area contributed by atoms with Gasteiger partial charge in [-0.05, 0) is 0 Å². The maximum Gasteiger partial charge on any atom is 0 e. The Balaban J connectivity index is 0. The molecule has 0 saturated heterocycles. The molecule has 0 atom stereocenters. The molecule has 4 heavy (non-hydrogen) atoms.